The molecule has 5 rings (SSSR count). The molecule has 0 saturated carbocycles. The second-order valence-electron chi connectivity index (χ2n) is 13.8. The summed E-state index contributed by atoms with van der Waals surface area (Å²) in [4.78, 5) is 17.1. The average Bonchev–Trinajstić information content (AvgIpc) is 3.08. The number of methoxy groups -OCH3 is 1. The number of hydrogen-bond acceptors (Lipinski definition) is 3. The lowest BCUT2D eigenvalue weighted by molar-refractivity contribution is -0.173. The summed E-state index contributed by atoms with van der Waals surface area (Å²) >= 11 is 13.0. The zero-order chi connectivity index (χ0) is 34.5. The second kappa shape index (κ2) is 15.1. The molecule has 0 radical (unpaired) electrons. The van der Waals surface area contributed by atoms with E-state index in [0.717, 1.165) is 11.1 Å². The van der Waals surface area contributed by atoms with Gasteiger partial charge in [-0.3, -0.25) is 4.79 Å². The fourth-order valence-corrected chi connectivity index (χ4v) is 12.6. The molecule has 1 amide bonds. The summed E-state index contributed by atoms with van der Waals surface area (Å²) in [5.74, 6) is -0.176. The molecule has 0 bridgehead atoms. The topological polar surface area (TPSA) is 38.8 Å². The van der Waals surface area contributed by atoms with Gasteiger partial charge in [-0.25, -0.2) is 0 Å². The number of likely N-dealkylation sites (tertiary alicyclic amines) is 1. The lowest BCUT2D eigenvalue weighted by Crippen LogP contribution is -2.68. The van der Waals surface area contributed by atoms with Gasteiger partial charge in [0.15, 0.2) is 5.60 Å². The van der Waals surface area contributed by atoms with E-state index in [4.69, 9.17) is 32.4 Å². The van der Waals surface area contributed by atoms with Gasteiger partial charge in [0, 0.05) is 29.5 Å². The Kier molecular flexibility index (Phi) is 11.4. The van der Waals surface area contributed by atoms with Gasteiger partial charge in [0.05, 0.1) is 18.7 Å². The first-order valence-electron chi connectivity index (χ1n) is 16.8. The molecule has 1 aliphatic rings. The van der Waals surface area contributed by atoms with Gasteiger partial charge in [-0.2, -0.15) is 0 Å². The van der Waals surface area contributed by atoms with E-state index in [0.29, 0.717) is 35.9 Å². The summed E-state index contributed by atoms with van der Waals surface area (Å²) in [6, 6.07) is 36.5. The molecule has 0 spiro atoms. The maximum atomic E-state index is 15.1. The summed E-state index contributed by atoms with van der Waals surface area (Å²) in [6.07, 6.45) is 3.33. The Labute approximate surface area is 297 Å². The van der Waals surface area contributed by atoms with Crippen LogP contribution in [0.3, 0.4) is 0 Å². The minimum absolute atomic E-state index is 0.0546. The van der Waals surface area contributed by atoms with Crippen LogP contribution in [0, 0.1) is 0 Å². The Morgan fingerprint density at radius 1 is 0.896 bits per heavy atom. The smallest absolute Gasteiger partial charge is 0.261 e. The van der Waals surface area contributed by atoms with Crippen molar-refractivity contribution in [1.82, 2.24) is 4.90 Å². The van der Waals surface area contributed by atoms with Crippen LogP contribution in [0.25, 0.3) is 0 Å². The lowest BCUT2D eigenvalue weighted by Gasteiger charge is -2.53. The van der Waals surface area contributed by atoms with Crippen LogP contribution >= 0.6 is 23.2 Å². The number of benzene rings is 4. The van der Waals surface area contributed by atoms with Crippen LogP contribution in [0.2, 0.25) is 15.1 Å². The van der Waals surface area contributed by atoms with E-state index < -0.39 is 13.9 Å². The molecule has 0 aromatic heterocycles. The average molecular weight is 701 g/mol. The summed E-state index contributed by atoms with van der Waals surface area (Å²) < 4.78 is 13.7. The minimum atomic E-state index is -2.89. The molecule has 0 N–H and O–H groups in total. The monoisotopic (exact) mass is 699 g/mol. The van der Waals surface area contributed by atoms with E-state index in [1.807, 2.05) is 54.6 Å². The number of carbonyl (C=O) groups excluding carboxylic acids is 1. The largest absolute Gasteiger partial charge is 0.405 e. The molecule has 1 aliphatic heterocycles. The minimum Gasteiger partial charge on any atom is -0.405 e. The van der Waals surface area contributed by atoms with Crippen molar-refractivity contribution >= 4 is 47.8 Å². The van der Waals surface area contributed by atoms with Crippen molar-refractivity contribution in [2.75, 3.05) is 13.7 Å². The second-order valence-corrected chi connectivity index (χ2v) is 19.0. The Hall–Kier alpha value is -3.19. The van der Waals surface area contributed by atoms with Gasteiger partial charge in [-0.15, -0.1) is 6.58 Å². The third-order valence-corrected chi connectivity index (χ3v) is 15.5. The number of rotatable bonds is 12. The third-order valence-electron chi connectivity index (χ3n) is 9.98. The van der Waals surface area contributed by atoms with Crippen molar-refractivity contribution in [2.45, 2.75) is 75.6 Å². The van der Waals surface area contributed by atoms with Crippen LogP contribution in [0.1, 0.15) is 70.0 Å². The van der Waals surface area contributed by atoms with Crippen molar-refractivity contribution in [3.8, 4) is 0 Å². The van der Waals surface area contributed by atoms with Gasteiger partial charge in [0.2, 0.25) is 0 Å². The fraction of sp³-hybridized carbons (Fsp3) is 0.341. The zero-order valence-corrected chi connectivity index (χ0v) is 31.2. The Bertz CT molecular complexity index is 1640. The molecule has 7 heteroatoms. The SMILES string of the molecule is C=CC[C@@]1(OC)C[C@H](c2cccc(Cl)c2)[C@@H](c2ccc(Cl)cc2)N(C(CC)CO[Si](c2ccccc2)(c2ccccc2)C(C)(C)C)C1=O. The molecule has 1 fully saturated rings. The van der Waals surface area contributed by atoms with Gasteiger partial charge in [-0.05, 0) is 63.6 Å². The third kappa shape index (κ3) is 6.94. The summed E-state index contributed by atoms with van der Waals surface area (Å²) in [5, 5.41) is 3.49. The zero-order valence-electron chi connectivity index (χ0n) is 28.7. The Morgan fingerprint density at radius 3 is 2.00 bits per heavy atom. The van der Waals surface area contributed by atoms with E-state index in [1.54, 1.807) is 13.2 Å². The maximum Gasteiger partial charge on any atom is 0.261 e. The number of piperidine rings is 1. The van der Waals surface area contributed by atoms with Crippen molar-refractivity contribution in [3.05, 3.63) is 143 Å². The summed E-state index contributed by atoms with van der Waals surface area (Å²) in [6.45, 7) is 13.3. The molecule has 1 unspecified atom stereocenters. The molecule has 1 saturated heterocycles. The molecular weight excluding hydrogens is 653 g/mol. The van der Waals surface area contributed by atoms with Gasteiger partial charge in [0.25, 0.3) is 14.2 Å². The molecule has 48 heavy (non-hydrogen) atoms. The number of nitrogens with zero attached hydrogens (tertiary/aromatic N) is 1. The van der Waals surface area contributed by atoms with Crippen LogP contribution < -0.4 is 10.4 Å². The highest BCUT2D eigenvalue weighted by Crippen LogP contribution is 2.50. The van der Waals surface area contributed by atoms with Gasteiger partial charge in [0.1, 0.15) is 0 Å². The predicted molar refractivity (Wildman–Crippen MR) is 202 cm³/mol. The van der Waals surface area contributed by atoms with E-state index >= 15 is 4.79 Å². The number of hydrogen-bond donors (Lipinski definition) is 0. The number of amides is 1. The van der Waals surface area contributed by atoms with Gasteiger partial charge >= 0.3 is 0 Å². The van der Waals surface area contributed by atoms with Crippen LogP contribution in [-0.4, -0.2) is 44.5 Å². The molecule has 1 heterocycles. The van der Waals surface area contributed by atoms with Gasteiger partial charge < -0.3 is 14.1 Å². The van der Waals surface area contributed by atoms with Crippen LogP contribution in [0.4, 0.5) is 0 Å². The first-order chi connectivity index (χ1) is 23.0. The molecule has 0 aliphatic carbocycles. The van der Waals surface area contributed by atoms with Crippen molar-refractivity contribution in [3.63, 3.8) is 0 Å². The molecule has 4 nitrogen and oxygen atoms in total. The van der Waals surface area contributed by atoms with Gasteiger partial charge in [-0.1, -0.05) is 142 Å². The predicted octanol–water partition coefficient (Wildman–Crippen LogP) is 9.37. The van der Waals surface area contributed by atoms with Crippen LogP contribution in [0.5, 0.6) is 0 Å². The lowest BCUT2D eigenvalue weighted by atomic mass is 9.72. The van der Waals surface area contributed by atoms with E-state index in [1.165, 1.54) is 10.4 Å². The van der Waals surface area contributed by atoms with Crippen LogP contribution in [-0.2, 0) is 14.0 Å². The molecule has 4 aromatic rings. The first kappa shape index (κ1) is 36.1. The van der Waals surface area contributed by atoms with Crippen LogP contribution in [0.15, 0.2) is 122 Å². The Balaban J connectivity index is 1.68. The Morgan fingerprint density at radius 2 is 1.50 bits per heavy atom. The highest BCUT2D eigenvalue weighted by atomic mass is 35.5. The molecule has 4 atom stereocenters. The van der Waals surface area contributed by atoms with Crippen molar-refractivity contribution in [2.24, 2.45) is 0 Å². The highest BCUT2D eigenvalue weighted by molar-refractivity contribution is 6.99. The maximum absolute atomic E-state index is 15.1. The molecule has 252 valence electrons. The van der Waals surface area contributed by atoms with Crippen molar-refractivity contribution in [1.29, 1.82) is 0 Å². The van der Waals surface area contributed by atoms with Crippen molar-refractivity contribution < 1.29 is 14.0 Å². The highest BCUT2D eigenvalue weighted by Gasteiger charge is 2.55. The number of halogens is 2. The van der Waals surface area contributed by atoms with E-state index in [-0.39, 0.29) is 28.9 Å². The van der Waals surface area contributed by atoms with E-state index in [9.17, 15) is 0 Å². The normalized spacial score (nSPS) is 20.8. The summed E-state index contributed by atoms with van der Waals surface area (Å²) in [7, 11) is -1.25. The molecular formula is C41H47Cl2NO3Si. The van der Waals surface area contributed by atoms with E-state index in [2.05, 4.69) is 93.8 Å². The first-order valence-corrected chi connectivity index (χ1v) is 19.4. The fourth-order valence-electron chi connectivity index (χ4n) is 7.63. The number of ether oxygens (including phenoxy) is 1. The standard InChI is InChI=1S/C41H47Cl2NO3Si/c1-7-26-41(46-6)28-37(31-16-15-17-33(43)27-31)38(30-22-24-32(42)25-23-30)44(39(41)45)34(8-2)29-47-48(40(3,4)5,35-18-11-9-12-19-35)36-20-13-10-14-21-36/h7,9-25,27,34,37-38H,1,8,26,28-29H2,2-6H3/t34?,37-,38-,41-/m1/s1. The summed E-state index contributed by atoms with van der Waals surface area (Å²) in [5.41, 5.74) is 0.959. The molecule has 4 aromatic carbocycles. The number of carbonyl (C=O) groups is 1. The quantitative estimate of drug-likeness (QED) is 0.109.